The molecule has 1 aliphatic carbocycles. The Morgan fingerprint density at radius 2 is 1.07 bits per heavy atom. The van der Waals surface area contributed by atoms with Crippen LogP contribution in [0.4, 0.5) is 8.78 Å². The van der Waals surface area contributed by atoms with Gasteiger partial charge in [-0.15, -0.1) is 0 Å². The van der Waals surface area contributed by atoms with Crippen molar-refractivity contribution in [1.29, 1.82) is 0 Å². The van der Waals surface area contributed by atoms with Gasteiger partial charge in [-0.25, -0.2) is 47.7 Å². The van der Waals surface area contributed by atoms with Gasteiger partial charge < -0.3 is 24.4 Å². The van der Waals surface area contributed by atoms with Crippen molar-refractivity contribution in [2.45, 2.75) is 128 Å². The fourth-order valence-electron chi connectivity index (χ4n) is 12.2. The second-order valence-corrected chi connectivity index (χ2v) is 33.0. The average molecular weight is 1580 g/mol. The van der Waals surface area contributed by atoms with Crippen LogP contribution in [0.3, 0.4) is 0 Å². The first-order valence-electron chi connectivity index (χ1n) is 33.7. The molecule has 14 rings (SSSR count). The molecule has 20 nitrogen and oxygen atoms in total. The number of benzene rings is 7. The van der Waals surface area contributed by atoms with Crippen molar-refractivity contribution in [1.82, 2.24) is 73.8 Å². The van der Waals surface area contributed by atoms with Crippen molar-refractivity contribution in [2.24, 2.45) is 11.8 Å². The molecular formula is C75H78Cl7F2N15O5Si. The molecule has 6 unspecified atom stereocenters. The third-order valence-corrected chi connectivity index (χ3v) is 24.2. The number of ether oxygens (including phenoxy) is 3. The summed E-state index contributed by atoms with van der Waals surface area (Å²) in [6.07, 6.45) is 21.1. The lowest BCUT2D eigenvalue weighted by Gasteiger charge is -2.35. The van der Waals surface area contributed by atoms with Gasteiger partial charge in [0.2, 0.25) is 5.79 Å². The van der Waals surface area contributed by atoms with Crippen LogP contribution in [-0.4, -0.2) is 105 Å². The summed E-state index contributed by atoms with van der Waals surface area (Å²) in [5.74, 6) is 0.747. The predicted molar refractivity (Wildman–Crippen MR) is 407 cm³/mol. The zero-order valence-corrected chi connectivity index (χ0v) is 64.3. The molecule has 1 aliphatic heterocycles. The monoisotopic (exact) mass is 1580 g/mol. The Labute approximate surface area is 643 Å². The topological polar surface area (TPSA) is 222 Å². The fraction of sp³-hybridized carbons (Fsp3) is 0.307. The van der Waals surface area contributed by atoms with Gasteiger partial charge in [0, 0.05) is 59.9 Å². The minimum absolute atomic E-state index is 0.0606. The summed E-state index contributed by atoms with van der Waals surface area (Å²) >= 11 is 42.6. The van der Waals surface area contributed by atoms with E-state index in [-0.39, 0.29) is 29.6 Å². The van der Waals surface area contributed by atoms with Crippen LogP contribution >= 0.6 is 81.2 Å². The first-order chi connectivity index (χ1) is 50.4. The van der Waals surface area contributed by atoms with Gasteiger partial charge in [0.25, 0.3) is 0 Å². The molecule has 0 bridgehead atoms. The Morgan fingerprint density at radius 1 is 0.571 bits per heavy atom. The smallest absolute Gasteiger partial charge is 0.217 e. The highest BCUT2D eigenvalue weighted by Crippen LogP contribution is 2.47. The molecule has 1 saturated carbocycles. The summed E-state index contributed by atoms with van der Waals surface area (Å²) in [4.78, 5) is 19.7. The number of rotatable bonds is 23. The zero-order valence-electron chi connectivity index (χ0n) is 58.0. The van der Waals surface area contributed by atoms with Gasteiger partial charge in [0.05, 0.1) is 30.8 Å². The standard InChI is InChI=1S/C19H17Cl2N3O3.C16H15F2N3Si.C15H18ClN3O.C14H17Cl2N3O.C11H11Cl2N3/c1-13-9-25-19(27-13,10-24-12-22-11-23-24)17-7-6-16(8-18(17)21)26-15-4-2-14(20)3-5-15;1-22(12-21-11-19-10-20-21,15-6-2-13(17)3-7-15)16-8-4-14(18)5-9-16;1-11(12-2-3-12)15(20,8-19-10-17-9-18-19)13-4-6-14(16)7-5-13;1-2-3-6-14(20,8-19-10-17-9-18-19)12-5-4-11(15)7-13(12)16;1-8(5-16-7-14-6-15-16)10-3-2-9(12)4-11(10)13/h2-8,11-13H,9-10H2,1H3;2-11H,12H2,1H3;4-7,9-12,20H,2-3,8H2,1H3;4-5,7,9-10,20H,2-3,6,8H2,1H3;2-4,6-8H,5H2,1H3. The van der Waals surface area contributed by atoms with Gasteiger partial charge in [-0.05, 0) is 152 Å². The summed E-state index contributed by atoms with van der Waals surface area (Å²) in [6.45, 7) is 12.7. The van der Waals surface area contributed by atoms with Crippen LogP contribution in [0.1, 0.15) is 88.0 Å². The van der Waals surface area contributed by atoms with E-state index in [4.69, 9.17) is 95.4 Å². The molecule has 0 spiro atoms. The number of nitrogens with zero attached hydrogens (tertiary/aromatic N) is 15. The van der Waals surface area contributed by atoms with Crippen LogP contribution in [0.15, 0.2) is 215 Å². The lowest BCUT2D eigenvalue weighted by atomic mass is 9.79. The van der Waals surface area contributed by atoms with Crippen molar-refractivity contribution in [3.8, 4) is 11.5 Å². The molecule has 7 aromatic carbocycles. The van der Waals surface area contributed by atoms with E-state index in [2.05, 4.69) is 77.7 Å². The summed E-state index contributed by atoms with van der Waals surface area (Å²) < 4.78 is 53.0. The van der Waals surface area contributed by atoms with Crippen LogP contribution in [0, 0.1) is 23.5 Å². The van der Waals surface area contributed by atoms with Crippen LogP contribution in [-0.2, 0) is 58.8 Å². The minimum atomic E-state index is -2.22. The highest BCUT2D eigenvalue weighted by molar-refractivity contribution is 7.00. The van der Waals surface area contributed by atoms with E-state index >= 15 is 0 Å². The lowest BCUT2D eigenvalue weighted by molar-refractivity contribution is -0.186. The largest absolute Gasteiger partial charge is 0.457 e. The van der Waals surface area contributed by atoms with Gasteiger partial charge >= 0.3 is 0 Å². The van der Waals surface area contributed by atoms with Crippen molar-refractivity contribution in [3.63, 3.8) is 0 Å². The van der Waals surface area contributed by atoms with Gasteiger partial charge in [-0.2, -0.15) is 25.5 Å². The second-order valence-electron chi connectivity index (χ2n) is 25.9. The number of aromatic nitrogens is 15. The molecular weight excluding hydrogens is 1510 g/mol. The van der Waals surface area contributed by atoms with Gasteiger partial charge in [-0.3, -0.25) is 9.36 Å². The molecule has 105 heavy (non-hydrogen) atoms. The molecule has 2 aliphatic rings. The maximum Gasteiger partial charge on any atom is 0.217 e. The number of hydrogen-bond donors (Lipinski definition) is 2. The van der Waals surface area contributed by atoms with E-state index in [9.17, 15) is 19.0 Å². The third kappa shape index (κ3) is 21.9. The first kappa shape index (κ1) is 79.5. The molecule has 0 amide bonds. The van der Waals surface area contributed by atoms with Crippen molar-refractivity contribution >= 4 is 99.7 Å². The minimum Gasteiger partial charge on any atom is -0.457 e. The maximum atomic E-state index is 13.2. The highest BCUT2D eigenvalue weighted by atomic mass is 35.5. The van der Waals surface area contributed by atoms with Crippen LogP contribution in [0.2, 0.25) is 41.7 Å². The quantitative estimate of drug-likeness (QED) is 0.0569. The van der Waals surface area contributed by atoms with Crippen molar-refractivity contribution in [3.05, 3.63) is 284 Å². The van der Waals surface area contributed by atoms with Gasteiger partial charge in [0.1, 0.15) is 112 Å². The molecule has 2 fully saturated rings. The van der Waals surface area contributed by atoms with Gasteiger partial charge in [-0.1, -0.05) is 180 Å². The first-order valence-corrected chi connectivity index (χ1v) is 39.1. The molecule has 0 radical (unpaired) electrons. The van der Waals surface area contributed by atoms with Crippen LogP contribution in [0.25, 0.3) is 0 Å². The Bertz CT molecular complexity index is 4560. The molecule has 6 heterocycles. The van der Waals surface area contributed by atoms with E-state index in [0.29, 0.717) is 103 Å². The molecule has 5 aromatic heterocycles. The van der Waals surface area contributed by atoms with E-state index in [0.717, 1.165) is 40.9 Å². The summed E-state index contributed by atoms with van der Waals surface area (Å²) in [5, 5.41) is 49.2. The molecule has 2 N–H and O–H groups in total. The molecule has 1 saturated heterocycles. The summed E-state index contributed by atoms with van der Waals surface area (Å²) in [6, 6.07) is 43.8. The lowest BCUT2D eigenvalue weighted by Crippen LogP contribution is -2.59. The van der Waals surface area contributed by atoms with E-state index in [1.165, 1.54) is 68.7 Å². The Hall–Kier alpha value is -8.01. The number of hydrogen-bond acceptors (Lipinski definition) is 15. The average Bonchev–Trinajstić information content (AvgIpc) is 1.02. The van der Waals surface area contributed by atoms with Crippen LogP contribution < -0.4 is 15.1 Å². The number of halogens is 9. The Balaban J connectivity index is 0.000000142. The van der Waals surface area contributed by atoms with E-state index < -0.39 is 25.1 Å². The molecule has 550 valence electrons. The molecule has 30 heteroatoms. The number of unbranched alkanes of at least 4 members (excludes halogenated alkanes) is 1. The highest BCUT2D eigenvalue weighted by Gasteiger charge is 2.46. The maximum absolute atomic E-state index is 13.2. The Kier molecular flexibility index (Phi) is 28.0. The zero-order chi connectivity index (χ0) is 74.7. The van der Waals surface area contributed by atoms with E-state index in [1.54, 1.807) is 110 Å². The molecule has 6 atom stereocenters. The summed E-state index contributed by atoms with van der Waals surface area (Å²) in [5.41, 5.74) is 1.32. The Morgan fingerprint density at radius 3 is 1.56 bits per heavy atom. The van der Waals surface area contributed by atoms with Crippen molar-refractivity contribution < 1.29 is 33.2 Å². The normalized spacial score (nSPS) is 16.5. The van der Waals surface area contributed by atoms with Crippen molar-refractivity contribution in [2.75, 3.05) is 6.61 Å². The van der Waals surface area contributed by atoms with Crippen LogP contribution in [0.5, 0.6) is 11.5 Å². The summed E-state index contributed by atoms with van der Waals surface area (Å²) in [7, 11) is -2.22. The van der Waals surface area contributed by atoms with Gasteiger partial charge in [0.15, 0.2) is 0 Å². The fourth-order valence-corrected chi connectivity index (χ4v) is 17.3. The SMILES string of the molecule is CC(C1CC1)C(O)(Cn1cncn1)c1ccc(Cl)cc1.CC(Cn1cncn1)c1ccc(Cl)cc1Cl.CC1COC(Cn2cncn2)(c2ccc(Oc3ccc(Cl)cc3)cc2Cl)O1.CCCCC(O)(Cn1cncn1)c1ccc(Cl)cc1Cl.C[Si](Cn1cncn1)(c1ccc(F)cc1)c1ccc(F)cc1. The number of aliphatic hydroxyl groups is 2. The van der Waals surface area contributed by atoms with E-state index in [1.807, 2.05) is 79.7 Å². The third-order valence-electron chi connectivity index (χ3n) is 18.1. The second kappa shape index (κ2) is 37.0. The predicted octanol–water partition coefficient (Wildman–Crippen LogP) is 16.6. The molecule has 12 aromatic rings.